The number of carbonyl (C=O) groups is 2. The third kappa shape index (κ3) is 4.37. The second kappa shape index (κ2) is 7.97. The summed E-state index contributed by atoms with van der Waals surface area (Å²) in [6.45, 7) is 3.49. The molecule has 1 unspecified atom stereocenters. The van der Waals surface area contributed by atoms with E-state index in [0.29, 0.717) is 23.0 Å². The molecule has 7 heteroatoms. The van der Waals surface area contributed by atoms with Crippen molar-refractivity contribution >= 4 is 44.2 Å². The summed E-state index contributed by atoms with van der Waals surface area (Å²) in [5.74, 6) is 0.325. The van der Waals surface area contributed by atoms with Gasteiger partial charge in [0.2, 0.25) is 5.91 Å². The number of rotatable bonds is 6. The van der Waals surface area contributed by atoms with Crippen LogP contribution in [0.3, 0.4) is 0 Å². The smallest absolute Gasteiger partial charge is 0.265 e. The molecule has 2 amide bonds. The maximum atomic E-state index is 12.3. The molecule has 0 spiro atoms. The van der Waals surface area contributed by atoms with E-state index in [0.717, 1.165) is 10.2 Å². The van der Waals surface area contributed by atoms with Gasteiger partial charge in [-0.05, 0) is 37.3 Å². The molecule has 2 aromatic carbocycles. The molecule has 0 saturated carbocycles. The first-order chi connectivity index (χ1) is 12.5. The number of nitrogens with one attached hydrogen (secondary N) is 2. The fraction of sp³-hybridized carbons (Fsp3) is 0.211. The SMILES string of the molecule is CCC(=O)Nc1nc2ccc(NC(=O)C(C)Oc3ccccc3)cc2s1. The third-order valence-corrected chi connectivity index (χ3v) is 4.58. The number of amides is 2. The van der Waals surface area contributed by atoms with Crippen LogP contribution >= 0.6 is 11.3 Å². The average Bonchev–Trinajstić information content (AvgIpc) is 3.03. The Kier molecular flexibility index (Phi) is 5.48. The van der Waals surface area contributed by atoms with Crippen molar-refractivity contribution in [2.24, 2.45) is 0 Å². The Hall–Kier alpha value is -2.93. The summed E-state index contributed by atoms with van der Waals surface area (Å²) in [4.78, 5) is 28.2. The summed E-state index contributed by atoms with van der Waals surface area (Å²) in [5.41, 5.74) is 1.43. The molecule has 0 aliphatic carbocycles. The van der Waals surface area contributed by atoms with E-state index >= 15 is 0 Å². The van der Waals surface area contributed by atoms with Gasteiger partial charge in [0.15, 0.2) is 11.2 Å². The summed E-state index contributed by atoms with van der Waals surface area (Å²) < 4.78 is 6.51. The lowest BCUT2D eigenvalue weighted by Crippen LogP contribution is -2.30. The van der Waals surface area contributed by atoms with Crippen LogP contribution in [-0.2, 0) is 9.59 Å². The Morgan fingerprint density at radius 3 is 2.65 bits per heavy atom. The topological polar surface area (TPSA) is 80.3 Å². The van der Waals surface area contributed by atoms with Crippen molar-refractivity contribution in [2.75, 3.05) is 10.6 Å². The standard InChI is InChI=1S/C19H19N3O3S/c1-3-17(23)22-19-21-15-10-9-13(11-16(15)26-19)20-18(24)12(2)25-14-7-5-4-6-8-14/h4-12H,3H2,1-2H3,(H,20,24)(H,21,22,23). The Balaban J connectivity index is 1.68. The molecule has 1 heterocycles. The zero-order valence-corrected chi connectivity index (χ0v) is 15.3. The van der Waals surface area contributed by atoms with Gasteiger partial charge in [0.05, 0.1) is 10.2 Å². The van der Waals surface area contributed by atoms with Crippen LogP contribution in [0.4, 0.5) is 10.8 Å². The lowest BCUT2D eigenvalue weighted by Gasteiger charge is -2.14. The Labute approximate surface area is 155 Å². The molecular weight excluding hydrogens is 350 g/mol. The van der Waals surface area contributed by atoms with E-state index in [9.17, 15) is 9.59 Å². The number of aromatic nitrogens is 1. The van der Waals surface area contributed by atoms with Crippen molar-refractivity contribution in [1.29, 1.82) is 0 Å². The number of hydrogen-bond acceptors (Lipinski definition) is 5. The molecule has 2 N–H and O–H groups in total. The summed E-state index contributed by atoms with van der Waals surface area (Å²) in [7, 11) is 0. The molecule has 0 fully saturated rings. The van der Waals surface area contributed by atoms with Crippen LogP contribution in [0.15, 0.2) is 48.5 Å². The van der Waals surface area contributed by atoms with Crippen LogP contribution in [0.25, 0.3) is 10.2 Å². The second-order valence-corrected chi connectivity index (χ2v) is 6.70. The maximum Gasteiger partial charge on any atom is 0.265 e. The van der Waals surface area contributed by atoms with Crippen molar-refractivity contribution in [3.05, 3.63) is 48.5 Å². The van der Waals surface area contributed by atoms with E-state index in [-0.39, 0.29) is 11.8 Å². The Morgan fingerprint density at radius 2 is 1.92 bits per heavy atom. The van der Waals surface area contributed by atoms with Gasteiger partial charge in [0.1, 0.15) is 5.75 Å². The van der Waals surface area contributed by atoms with Crippen molar-refractivity contribution < 1.29 is 14.3 Å². The van der Waals surface area contributed by atoms with Crippen LogP contribution in [0.5, 0.6) is 5.75 Å². The molecule has 26 heavy (non-hydrogen) atoms. The van der Waals surface area contributed by atoms with Crippen LogP contribution in [-0.4, -0.2) is 22.9 Å². The van der Waals surface area contributed by atoms with Crippen LogP contribution < -0.4 is 15.4 Å². The molecule has 1 atom stereocenters. The van der Waals surface area contributed by atoms with E-state index in [2.05, 4.69) is 15.6 Å². The number of hydrogen-bond donors (Lipinski definition) is 2. The van der Waals surface area contributed by atoms with Gasteiger partial charge in [-0.15, -0.1) is 0 Å². The quantitative estimate of drug-likeness (QED) is 0.687. The highest BCUT2D eigenvalue weighted by atomic mass is 32.1. The molecule has 1 aromatic heterocycles. The molecular formula is C19H19N3O3S. The molecule has 0 bridgehead atoms. The zero-order chi connectivity index (χ0) is 18.5. The van der Waals surface area contributed by atoms with Crippen molar-refractivity contribution in [2.45, 2.75) is 26.4 Å². The van der Waals surface area contributed by atoms with Gasteiger partial charge >= 0.3 is 0 Å². The van der Waals surface area contributed by atoms with Gasteiger partial charge in [0, 0.05) is 12.1 Å². The molecule has 134 valence electrons. The van der Waals surface area contributed by atoms with Gasteiger partial charge < -0.3 is 15.4 Å². The van der Waals surface area contributed by atoms with Gasteiger partial charge in [-0.1, -0.05) is 36.5 Å². The summed E-state index contributed by atoms with van der Waals surface area (Å²) in [6.07, 6.45) is -0.231. The van der Waals surface area contributed by atoms with Crippen LogP contribution in [0.1, 0.15) is 20.3 Å². The molecule has 6 nitrogen and oxygen atoms in total. The van der Waals surface area contributed by atoms with Gasteiger partial charge in [-0.3, -0.25) is 9.59 Å². The minimum absolute atomic E-state index is 0.0792. The van der Waals surface area contributed by atoms with Crippen LogP contribution in [0.2, 0.25) is 0 Å². The number of anilines is 2. The highest BCUT2D eigenvalue weighted by Gasteiger charge is 2.15. The van der Waals surface area contributed by atoms with Gasteiger partial charge in [0.25, 0.3) is 5.91 Å². The molecule has 3 rings (SSSR count). The average molecular weight is 369 g/mol. The monoisotopic (exact) mass is 369 g/mol. The highest BCUT2D eigenvalue weighted by molar-refractivity contribution is 7.22. The first-order valence-corrected chi connectivity index (χ1v) is 9.10. The minimum atomic E-state index is -0.631. The predicted octanol–water partition coefficient (Wildman–Crippen LogP) is 4.05. The van der Waals surface area contributed by atoms with Crippen molar-refractivity contribution in [3.8, 4) is 5.75 Å². The number of para-hydroxylation sites is 1. The third-order valence-electron chi connectivity index (χ3n) is 3.65. The first kappa shape index (κ1) is 17.9. The predicted molar refractivity (Wildman–Crippen MR) is 104 cm³/mol. The molecule has 0 aliphatic rings. The first-order valence-electron chi connectivity index (χ1n) is 8.28. The summed E-state index contributed by atoms with van der Waals surface area (Å²) in [6, 6.07) is 14.6. The van der Waals surface area contributed by atoms with Gasteiger partial charge in [-0.2, -0.15) is 0 Å². The number of carbonyl (C=O) groups excluding carboxylic acids is 2. The number of nitrogens with zero attached hydrogens (tertiary/aromatic N) is 1. The lowest BCUT2D eigenvalue weighted by molar-refractivity contribution is -0.122. The number of benzene rings is 2. The van der Waals surface area contributed by atoms with E-state index in [1.807, 2.05) is 30.3 Å². The maximum absolute atomic E-state index is 12.3. The minimum Gasteiger partial charge on any atom is -0.481 e. The largest absolute Gasteiger partial charge is 0.481 e. The van der Waals surface area contributed by atoms with Crippen LogP contribution in [0, 0.1) is 0 Å². The summed E-state index contributed by atoms with van der Waals surface area (Å²) in [5, 5.41) is 6.14. The molecule has 0 aliphatic heterocycles. The lowest BCUT2D eigenvalue weighted by atomic mass is 10.2. The number of fused-ring (bicyclic) bond motifs is 1. The highest BCUT2D eigenvalue weighted by Crippen LogP contribution is 2.28. The summed E-state index contributed by atoms with van der Waals surface area (Å²) >= 11 is 1.37. The van der Waals surface area contributed by atoms with E-state index < -0.39 is 6.10 Å². The molecule has 3 aromatic rings. The fourth-order valence-corrected chi connectivity index (χ4v) is 3.19. The van der Waals surface area contributed by atoms with Gasteiger partial charge in [-0.25, -0.2) is 4.98 Å². The fourth-order valence-electron chi connectivity index (χ4n) is 2.26. The van der Waals surface area contributed by atoms with Crippen molar-refractivity contribution in [1.82, 2.24) is 4.98 Å². The van der Waals surface area contributed by atoms with E-state index in [1.165, 1.54) is 11.3 Å². The number of ether oxygens (including phenoxy) is 1. The van der Waals surface area contributed by atoms with Crippen molar-refractivity contribution in [3.63, 3.8) is 0 Å². The van der Waals surface area contributed by atoms with E-state index in [4.69, 9.17) is 4.74 Å². The second-order valence-electron chi connectivity index (χ2n) is 5.67. The normalized spacial score (nSPS) is 11.8. The molecule has 0 saturated heterocycles. The van der Waals surface area contributed by atoms with E-state index in [1.54, 1.807) is 32.0 Å². The zero-order valence-electron chi connectivity index (χ0n) is 14.5. The molecule has 0 radical (unpaired) electrons. The Morgan fingerprint density at radius 1 is 1.15 bits per heavy atom. The number of thiazole rings is 1. The Bertz CT molecular complexity index is 924.